The summed E-state index contributed by atoms with van der Waals surface area (Å²) < 4.78 is 0. The van der Waals surface area contributed by atoms with Gasteiger partial charge in [0.05, 0.1) is 6.10 Å². The van der Waals surface area contributed by atoms with E-state index in [2.05, 4.69) is 0 Å². The fourth-order valence-corrected chi connectivity index (χ4v) is 2.01. The SMILES string of the molecule is Cc1c(Cl)ccc2c1CCC2O. The first-order chi connectivity index (χ1) is 5.70. The monoisotopic (exact) mass is 182 g/mol. The highest BCUT2D eigenvalue weighted by Crippen LogP contribution is 2.35. The van der Waals surface area contributed by atoms with Gasteiger partial charge in [0.15, 0.2) is 0 Å². The van der Waals surface area contributed by atoms with E-state index in [-0.39, 0.29) is 6.10 Å². The van der Waals surface area contributed by atoms with Crippen LogP contribution in [-0.4, -0.2) is 5.11 Å². The number of halogens is 1. The zero-order valence-electron chi connectivity index (χ0n) is 6.97. The number of aliphatic hydroxyl groups is 1. The van der Waals surface area contributed by atoms with Crippen LogP contribution in [-0.2, 0) is 6.42 Å². The molecule has 1 nitrogen and oxygen atoms in total. The summed E-state index contributed by atoms with van der Waals surface area (Å²) in [6.07, 6.45) is 1.54. The van der Waals surface area contributed by atoms with Crippen molar-refractivity contribution in [3.63, 3.8) is 0 Å². The van der Waals surface area contributed by atoms with Gasteiger partial charge in [-0.2, -0.15) is 0 Å². The minimum atomic E-state index is -0.268. The highest BCUT2D eigenvalue weighted by molar-refractivity contribution is 6.31. The van der Waals surface area contributed by atoms with Gasteiger partial charge in [0.25, 0.3) is 0 Å². The van der Waals surface area contributed by atoms with Crippen molar-refractivity contribution in [2.75, 3.05) is 0 Å². The van der Waals surface area contributed by atoms with E-state index in [4.69, 9.17) is 11.6 Å². The van der Waals surface area contributed by atoms with Crippen molar-refractivity contribution in [1.29, 1.82) is 0 Å². The Kier molecular flexibility index (Phi) is 1.85. The lowest BCUT2D eigenvalue weighted by molar-refractivity contribution is 0.180. The Hall–Kier alpha value is -0.530. The third-order valence-corrected chi connectivity index (χ3v) is 3.00. The molecule has 0 fully saturated rings. The van der Waals surface area contributed by atoms with Crippen LogP contribution in [0, 0.1) is 6.92 Å². The predicted molar refractivity (Wildman–Crippen MR) is 49.5 cm³/mol. The Morgan fingerprint density at radius 2 is 2.25 bits per heavy atom. The number of hydrogen-bond acceptors (Lipinski definition) is 1. The van der Waals surface area contributed by atoms with E-state index >= 15 is 0 Å². The number of fused-ring (bicyclic) bond motifs is 1. The molecule has 1 aliphatic carbocycles. The maximum absolute atomic E-state index is 9.55. The fraction of sp³-hybridized carbons (Fsp3) is 0.400. The molecule has 1 aliphatic rings. The smallest absolute Gasteiger partial charge is 0.0796 e. The van der Waals surface area contributed by atoms with Crippen molar-refractivity contribution in [3.05, 3.63) is 33.8 Å². The van der Waals surface area contributed by atoms with Gasteiger partial charge in [-0.05, 0) is 42.5 Å². The van der Waals surface area contributed by atoms with E-state index in [1.54, 1.807) is 0 Å². The summed E-state index contributed by atoms with van der Waals surface area (Å²) >= 11 is 5.96. The average molecular weight is 183 g/mol. The molecule has 1 N–H and O–H groups in total. The quantitative estimate of drug-likeness (QED) is 0.654. The molecule has 2 heteroatoms. The molecule has 0 aromatic heterocycles. The molecule has 0 heterocycles. The largest absolute Gasteiger partial charge is 0.388 e. The van der Waals surface area contributed by atoms with Gasteiger partial charge in [0.1, 0.15) is 0 Å². The van der Waals surface area contributed by atoms with Gasteiger partial charge in [-0.3, -0.25) is 0 Å². The highest BCUT2D eigenvalue weighted by atomic mass is 35.5. The molecule has 0 bridgehead atoms. The first-order valence-electron chi connectivity index (χ1n) is 4.16. The maximum Gasteiger partial charge on any atom is 0.0796 e. The lowest BCUT2D eigenvalue weighted by atomic mass is 10.0. The Balaban J connectivity index is 2.60. The van der Waals surface area contributed by atoms with Crippen molar-refractivity contribution in [2.45, 2.75) is 25.9 Å². The average Bonchev–Trinajstić information content (AvgIpc) is 2.41. The Labute approximate surface area is 77.0 Å². The summed E-state index contributed by atoms with van der Waals surface area (Å²) in [6.45, 7) is 2.01. The van der Waals surface area contributed by atoms with Crippen LogP contribution in [0.25, 0.3) is 0 Å². The molecular weight excluding hydrogens is 172 g/mol. The van der Waals surface area contributed by atoms with E-state index in [0.29, 0.717) is 0 Å². The van der Waals surface area contributed by atoms with Gasteiger partial charge in [0.2, 0.25) is 0 Å². The zero-order chi connectivity index (χ0) is 8.72. The number of benzene rings is 1. The molecule has 64 valence electrons. The molecule has 1 unspecified atom stereocenters. The second kappa shape index (κ2) is 2.75. The third-order valence-electron chi connectivity index (χ3n) is 2.60. The Morgan fingerprint density at radius 3 is 3.00 bits per heavy atom. The normalized spacial score (nSPS) is 21.1. The second-order valence-electron chi connectivity index (χ2n) is 3.29. The molecule has 0 saturated heterocycles. The van der Waals surface area contributed by atoms with Crippen LogP contribution in [0.4, 0.5) is 0 Å². The topological polar surface area (TPSA) is 20.2 Å². The molecule has 0 aliphatic heterocycles. The van der Waals surface area contributed by atoms with Gasteiger partial charge >= 0.3 is 0 Å². The molecule has 0 saturated carbocycles. The molecule has 1 atom stereocenters. The number of aliphatic hydroxyl groups excluding tert-OH is 1. The van der Waals surface area contributed by atoms with Gasteiger partial charge in [-0.1, -0.05) is 17.7 Å². The molecule has 1 aromatic rings. The molecule has 0 amide bonds. The first kappa shape index (κ1) is 8.09. The summed E-state index contributed by atoms with van der Waals surface area (Å²) in [6, 6.07) is 3.80. The van der Waals surface area contributed by atoms with Crippen LogP contribution in [0.5, 0.6) is 0 Å². The summed E-state index contributed by atoms with van der Waals surface area (Å²) in [5.41, 5.74) is 3.44. The molecule has 0 radical (unpaired) electrons. The van der Waals surface area contributed by atoms with Crippen LogP contribution in [0.1, 0.15) is 29.2 Å². The summed E-state index contributed by atoms with van der Waals surface area (Å²) in [7, 11) is 0. The van der Waals surface area contributed by atoms with Crippen molar-refractivity contribution < 1.29 is 5.11 Å². The van der Waals surface area contributed by atoms with E-state index < -0.39 is 0 Å². The summed E-state index contributed by atoms with van der Waals surface area (Å²) in [5, 5.41) is 10.4. The predicted octanol–water partition coefficient (Wildman–Crippen LogP) is 2.63. The zero-order valence-corrected chi connectivity index (χ0v) is 7.73. The molecule has 1 aromatic carbocycles. The number of rotatable bonds is 0. The van der Waals surface area contributed by atoms with E-state index in [1.807, 2.05) is 19.1 Å². The molecule has 2 rings (SSSR count). The van der Waals surface area contributed by atoms with Crippen molar-refractivity contribution in [3.8, 4) is 0 Å². The molecular formula is C10H11ClO. The Morgan fingerprint density at radius 1 is 1.50 bits per heavy atom. The van der Waals surface area contributed by atoms with Crippen LogP contribution < -0.4 is 0 Å². The minimum absolute atomic E-state index is 0.268. The van der Waals surface area contributed by atoms with Gasteiger partial charge in [0, 0.05) is 5.02 Å². The Bertz CT molecular complexity index is 320. The lowest BCUT2D eigenvalue weighted by Crippen LogP contribution is -1.91. The second-order valence-corrected chi connectivity index (χ2v) is 3.70. The standard InChI is InChI=1S/C10H11ClO/c1-6-7-3-5-10(12)8(7)2-4-9(6)11/h2,4,10,12H,3,5H2,1H3. The molecule has 0 spiro atoms. The van der Waals surface area contributed by atoms with Crippen molar-refractivity contribution in [2.24, 2.45) is 0 Å². The number of hydrogen-bond donors (Lipinski definition) is 1. The maximum atomic E-state index is 9.55. The van der Waals surface area contributed by atoms with Crippen LogP contribution in [0.3, 0.4) is 0 Å². The van der Waals surface area contributed by atoms with Crippen LogP contribution in [0.2, 0.25) is 5.02 Å². The highest BCUT2D eigenvalue weighted by Gasteiger charge is 2.22. The van der Waals surface area contributed by atoms with Crippen molar-refractivity contribution in [1.82, 2.24) is 0 Å². The fourth-order valence-electron chi connectivity index (χ4n) is 1.83. The van der Waals surface area contributed by atoms with Gasteiger partial charge in [-0.25, -0.2) is 0 Å². The third kappa shape index (κ3) is 1.05. The van der Waals surface area contributed by atoms with Crippen molar-refractivity contribution >= 4 is 11.6 Å². The summed E-state index contributed by atoms with van der Waals surface area (Å²) in [4.78, 5) is 0. The van der Waals surface area contributed by atoms with Gasteiger partial charge < -0.3 is 5.11 Å². The van der Waals surface area contributed by atoms with E-state index in [9.17, 15) is 5.11 Å². The van der Waals surface area contributed by atoms with E-state index in [0.717, 1.165) is 29.0 Å². The van der Waals surface area contributed by atoms with Crippen LogP contribution >= 0.6 is 11.6 Å². The van der Waals surface area contributed by atoms with Gasteiger partial charge in [-0.15, -0.1) is 0 Å². The summed E-state index contributed by atoms with van der Waals surface area (Å²) in [5.74, 6) is 0. The molecule has 12 heavy (non-hydrogen) atoms. The van der Waals surface area contributed by atoms with E-state index in [1.165, 1.54) is 5.56 Å². The lowest BCUT2D eigenvalue weighted by Gasteiger charge is -2.06. The van der Waals surface area contributed by atoms with Crippen LogP contribution in [0.15, 0.2) is 12.1 Å². The minimum Gasteiger partial charge on any atom is -0.388 e. The first-order valence-corrected chi connectivity index (χ1v) is 4.54.